The van der Waals surface area contributed by atoms with Crippen molar-refractivity contribution in [3.63, 3.8) is 0 Å². The number of carbonyl (C=O) groups excluding carboxylic acids is 2. The van der Waals surface area contributed by atoms with Gasteiger partial charge in [0.2, 0.25) is 5.91 Å². The Morgan fingerprint density at radius 3 is 2.19 bits per heavy atom. The zero-order valence-electron chi connectivity index (χ0n) is 16.0. The molecule has 1 atom stereocenters. The van der Waals surface area contributed by atoms with Crippen LogP contribution in [0, 0.1) is 0 Å². The lowest BCUT2D eigenvalue weighted by Gasteiger charge is -2.37. The van der Waals surface area contributed by atoms with Gasteiger partial charge in [0, 0.05) is 44.0 Å². The Hall–Kier alpha value is -2.50. The van der Waals surface area contributed by atoms with E-state index in [1.807, 2.05) is 13.0 Å². The van der Waals surface area contributed by atoms with Crippen molar-refractivity contribution < 1.29 is 9.59 Å². The fraction of sp³-hybridized carbons (Fsp3) is 0.364. The van der Waals surface area contributed by atoms with Crippen LogP contribution in [0.3, 0.4) is 0 Å². The fourth-order valence-corrected chi connectivity index (χ4v) is 3.35. The highest BCUT2D eigenvalue weighted by Crippen LogP contribution is 2.14. The second kappa shape index (κ2) is 8.93. The van der Waals surface area contributed by atoms with Gasteiger partial charge in [-0.25, -0.2) is 0 Å². The fourth-order valence-electron chi connectivity index (χ4n) is 3.35. The van der Waals surface area contributed by atoms with Gasteiger partial charge in [0.25, 0.3) is 0 Å². The summed E-state index contributed by atoms with van der Waals surface area (Å²) < 4.78 is 0. The summed E-state index contributed by atoms with van der Waals surface area (Å²) >= 11 is 0. The van der Waals surface area contributed by atoms with Gasteiger partial charge in [0.15, 0.2) is 5.78 Å². The zero-order valence-corrected chi connectivity index (χ0v) is 16.0. The lowest BCUT2D eigenvalue weighted by molar-refractivity contribution is -0.121. The summed E-state index contributed by atoms with van der Waals surface area (Å²) in [5.41, 5.74) is 2.70. The van der Waals surface area contributed by atoms with Crippen LogP contribution in [0.2, 0.25) is 0 Å². The van der Waals surface area contributed by atoms with Crippen molar-refractivity contribution in [3.8, 4) is 0 Å². The summed E-state index contributed by atoms with van der Waals surface area (Å²) in [6, 6.07) is 17.3. The van der Waals surface area contributed by atoms with Crippen molar-refractivity contribution in [2.75, 3.05) is 31.5 Å². The van der Waals surface area contributed by atoms with Crippen LogP contribution in [0.5, 0.6) is 0 Å². The summed E-state index contributed by atoms with van der Waals surface area (Å²) in [7, 11) is 0. The quantitative estimate of drug-likeness (QED) is 0.800. The number of rotatable bonds is 6. The second-order valence-electron chi connectivity index (χ2n) is 7.10. The van der Waals surface area contributed by atoms with Crippen molar-refractivity contribution in [2.45, 2.75) is 26.4 Å². The summed E-state index contributed by atoms with van der Waals surface area (Å²) in [6.07, 6.45) is 0. The number of nitrogens with zero attached hydrogens (tertiary/aromatic N) is 2. The number of nitrogens with one attached hydrogen (secondary N) is 1. The van der Waals surface area contributed by atoms with Crippen molar-refractivity contribution in [1.29, 1.82) is 0 Å². The van der Waals surface area contributed by atoms with Gasteiger partial charge >= 0.3 is 0 Å². The molecule has 0 radical (unpaired) electrons. The molecule has 1 heterocycles. The van der Waals surface area contributed by atoms with E-state index < -0.39 is 0 Å². The molecule has 1 saturated heterocycles. The number of amides is 1. The first-order valence-corrected chi connectivity index (χ1v) is 9.45. The molecule has 1 aliphatic heterocycles. The third-order valence-corrected chi connectivity index (χ3v) is 5.14. The molecule has 1 aliphatic rings. The van der Waals surface area contributed by atoms with Crippen molar-refractivity contribution in [2.24, 2.45) is 0 Å². The standard InChI is InChI=1S/C22H27N3O2/c1-17(22(27)23-21-10-8-20(9-11-21)18(2)26)25-14-12-24(13-15-25)16-19-6-4-3-5-7-19/h3-11,17H,12-16H2,1-2H3,(H,23,27)/t17-/m1/s1. The third-order valence-electron chi connectivity index (χ3n) is 5.14. The average molecular weight is 365 g/mol. The molecule has 0 bridgehead atoms. The van der Waals surface area contributed by atoms with Crippen LogP contribution < -0.4 is 5.32 Å². The van der Waals surface area contributed by atoms with Gasteiger partial charge in [-0.15, -0.1) is 0 Å². The molecule has 0 aromatic heterocycles. The summed E-state index contributed by atoms with van der Waals surface area (Å²) in [5, 5.41) is 2.95. The lowest BCUT2D eigenvalue weighted by Crippen LogP contribution is -2.52. The molecule has 1 fully saturated rings. The van der Waals surface area contributed by atoms with Gasteiger partial charge in [-0.3, -0.25) is 19.4 Å². The van der Waals surface area contributed by atoms with E-state index in [1.165, 1.54) is 12.5 Å². The van der Waals surface area contributed by atoms with E-state index in [0.29, 0.717) is 5.56 Å². The van der Waals surface area contributed by atoms with E-state index >= 15 is 0 Å². The van der Waals surface area contributed by atoms with Crippen molar-refractivity contribution in [1.82, 2.24) is 9.80 Å². The molecule has 1 N–H and O–H groups in total. The first-order valence-electron chi connectivity index (χ1n) is 9.45. The SMILES string of the molecule is CC(=O)c1ccc(NC(=O)[C@@H](C)N2CCN(Cc3ccccc3)CC2)cc1. The number of piperazine rings is 1. The van der Waals surface area contributed by atoms with E-state index in [-0.39, 0.29) is 17.7 Å². The number of Topliss-reactive ketones (excluding diaryl/α,β-unsaturated/α-hetero) is 1. The predicted molar refractivity (Wildman–Crippen MR) is 108 cm³/mol. The number of hydrogen-bond donors (Lipinski definition) is 1. The van der Waals surface area contributed by atoms with Crippen molar-refractivity contribution >= 4 is 17.4 Å². The zero-order chi connectivity index (χ0) is 19.2. The van der Waals surface area contributed by atoms with Crippen LogP contribution in [-0.2, 0) is 11.3 Å². The van der Waals surface area contributed by atoms with E-state index in [9.17, 15) is 9.59 Å². The molecule has 0 unspecified atom stereocenters. The van der Waals surface area contributed by atoms with Crippen LogP contribution >= 0.6 is 0 Å². The van der Waals surface area contributed by atoms with Gasteiger partial charge in [-0.2, -0.15) is 0 Å². The van der Waals surface area contributed by atoms with Crippen LogP contribution in [-0.4, -0.2) is 53.7 Å². The highest BCUT2D eigenvalue weighted by Gasteiger charge is 2.25. The predicted octanol–water partition coefficient (Wildman–Crippen LogP) is 3.03. The van der Waals surface area contributed by atoms with Gasteiger partial charge in [-0.1, -0.05) is 30.3 Å². The second-order valence-corrected chi connectivity index (χ2v) is 7.10. The molecule has 0 saturated carbocycles. The Morgan fingerprint density at radius 1 is 0.963 bits per heavy atom. The minimum Gasteiger partial charge on any atom is -0.325 e. The smallest absolute Gasteiger partial charge is 0.241 e. The van der Waals surface area contributed by atoms with Crippen LogP contribution in [0.25, 0.3) is 0 Å². The Kier molecular flexibility index (Phi) is 6.37. The molecule has 2 aromatic rings. The molecule has 3 rings (SSSR count). The van der Waals surface area contributed by atoms with E-state index in [0.717, 1.165) is 38.4 Å². The van der Waals surface area contributed by atoms with Gasteiger partial charge in [0.05, 0.1) is 6.04 Å². The normalized spacial score (nSPS) is 16.7. The maximum Gasteiger partial charge on any atom is 0.241 e. The first kappa shape index (κ1) is 19.3. The van der Waals surface area contributed by atoms with Crippen molar-refractivity contribution in [3.05, 3.63) is 65.7 Å². The average Bonchev–Trinajstić information content (AvgIpc) is 2.69. The largest absolute Gasteiger partial charge is 0.325 e. The topological polar surface area (TPSA) is 52.7 Å². The lowest BCUT2D eigenvalue weighted by atomic mass is 10.1. The molecule has 1 amide bonds. The number of ketones is 1. The molecule has 5 nitrogen and oxygen atoms in total. The number of benzene rings is 2. The molecule has 142 valence electrons. The number of carbonyl (C=O) groups is 2. The van der Waals surface area contributed by atoms with E-state index in [4.69, 9.17) is 0 Å². The monoisotopic (exact) mass is 365 g/mol. The molecule has 2 aromatic carbocycles. The highest BCUT2D eigenvalue weighted by atomic mass is 16.2. The maximum absolute atomic E-state index is 12.6. The summed E-state index contributed by atoms with van der Waals surface area (Å²) in [6.45, 7) is 8.12. The number of hydrogen-bond acceptors (Lipinski definition) is 4. The minimum atomic E-state index is -0.184. The Bertz CT molecular complexity index is 766. The molecule has 0 spiro atoms. The van der Waals surface area contributed by atoms with E-state index in [1.54, 1.807) is 24.3 Å². The minimum absolute atomic E-state index is 0.0120. The van der Waals surface area contributed by atoms with Gasteiger partial charge in [-0.05, 0) is 43.7 Å². The van der Waals surface area contributed by atoms with Crippen LogP contribution in [0.4, 0.5) is 5.69 Å². The Balaban J connectivity index is 1.48. The maximum atomic E-state index is 12.6. The first-order chi connectivity index (χ1) is 13.0. The molecular formula is C22H27N3O2. The number of anilines is 1. The molecule has 27 heavy (non-hydrogen) atoms. The van der Waals surface area contributed by atoms with Crippen LogP contribution in [0.15, 0.2) is 54.6 Å². The molecule has 0 aliphatic carbocycles. The van der Waals surface area contributed by atoms with E-state index in [2.05, 4.69) is 39.4 Å². The van der Waals surface area contributed by atoms with Gasteiger partial charge in [0.1, 0.15) is 0 Å². The van der Waals surface area contributed by atoms with Gasteiger partial charge < -0.3 is 5.32 Å². The Morgan fingerprint density at radius 2 is 1.59 bits per heavy atom. The highest BCUT2D eigenvalue weighted by molar-refractivity contribution is 5.96. The summed E-state index contributed by atoms with van der Waals surface area (Å²) in [4.78, 5) is 28.6. The molecular weight excluding hydrogens is 338 g/mol. The summed E-state index contributed by atoms with van der Waals surface area (Å²) in [5.74, 6) is 0.0108. The molecule has 5 heteroatoms. The van der Waals surface area contributed by atoms with Crippen LogP contribution in [0.1, 0.15) is 29.8 Å². The third kappa shape index (κ3) is 5.25. The Labute approximate surface area is 161 Å².